The molecule has 0 radical (unpaired) electrons. The molecule has 0 aromatic heterocycles. The first kappa shape index (κ1) is 23.6. The number of carbonyl (C=O) groups is 1. The van der Waals surface area contributed by atoms with E-state index in [1.54, 1.807) is 4.90 Å². The average Bonchev–Trinajstić information content (AvgIpc) is 3.29. The van der Waals surface area contributed by atoms with E-state index in [1.807, 2.05) is 0 Å². The molecule has 2 unspecified atom stereocenters. The summed E-state index contributed by atoms with van der Waals surface area (Å²) >= 11 is 0. The van der Waals surface area contributed by atoms with Crippen molar-refractivity contribution in [1.29, 1.82) is 0 Å². The molecule has 7 nitrogen and oxygen atoms in total. The van der Waals surface area contributed by atoms with Crippen LogP contribution in [0.1, 0.15) is 49.9 Å². The molecule has 0 N–H and O–H groups in total. The van der Waals surface area contributed by atoms with Gasteiger partial charge in [0.2, 0.25) is 10.0 Å². The summed E-state index contributed by atoms with van der Waals surface area (Å²) in [6.45, 7) is 9.14. The highest BCUT2D eigenvalue weighted by Crippen LogP contribution is 2.26. The smallest absolute Gasteiger partial charge is 0.253 e. The summed E-state index contributed by atoms with van der Waals surface area (Å²) in [5.74, 6) is -0.507. The van der Waals surface area contributed by atoms with E-state index in [0.29, 0.717) is 32.1 Å². The van der Waals surface area contributed by atoms with Gasteiger partial charge in [0.1, 0.15) is 10.7 Å². The van der Waals surface area contributed by atoms with Crippen LogP contribution in [0.25, 0.3) is 0 Å². The molecule has 9 heteroatoms. The summed E-state index contributed by atoms with van der Waals surface area (Å²) in [7, 11) is -3.92. The number of carbonyl (C=O) groups excluding carboxylic acids is 1. The van der Waals surface area contributed by atoms with E-state index in [-0.39, 0.29) is 23.7 Å². The van der Waals surface area contributed by atoms with Gasteiger partial charge >= 0.3 is 0 Å². The first-order chi connectivity index (χ1) is 15.2. The number of morpholine rings is 1. The number of amides is 1. The number of likely N-dealkylation sites (tertiary alicyclic amines) is 1. The van der Waals surface area contributed by atoms with Gasteiger partial charge in [0.15, 0.2) is 0 Å². The van der Waals surface area contributed by atoms with Gasteiger partial charge in [-0.05, 0) is 63.6 Å². The van der Waals surface area contributed by atoms with Gasteiger partial charge in [-0.2, -0.15) is 4.31 Å². The highest BCUT2D eigenvalue weighted by molar-refractivity contribution is 7.89. The lowest BCUT2D eigenvalue weighted by molar-refractivity contribution is -0.0728. The van der Waals surface area contributed by atoms with Crippen molar-refractivity contribution in [3.63, 3.8) is 0 Å². The Morgan fingerprint density at radius 2 is 1.69 bits per heavy atom. The van der Waals surface area contributed by atoms with Crippen LogP contribution in [0.5, 0.6) is 0 Å². The number of benzene rings is 1. The molecule has 1 aromatic rings. The Morgan fingerprint density at radius 3 is 2.31 bits per heavy atom. The zero-order chi connectivity index (χ0) is 22.9. The third-order valence-corrected chi connectivity index (χ3v) is 8.69. The molecule has 3 aliphatic rings. The Balaban J connectivity index is 1.38. The van der Waals surface area contributed by atoms with E-state index in [4.69, 9.17) is 4.74 Å². The number of ether oxygens (including phenoxy) is 1. The second-order valence-corrected chi connectivity index (χ2v) is 11.4. The maximum atomic E-state index is 14.4. The minimum atomic E-state index is -3.92. The van der Waals surface area contributed by atoms with Crippen LogP contribution in [0.3, 0.4) is 0 Å². The van der Waals surface area contributed by atoms with Crippen molar-refractivity contribution < 1.29 is 22.3 Å². The summed E-state index contributed by atoms with van der Waals surface area (Å²) in [6.07, 6.45) is 3.85. The lowest BCUT2D eigenvalue weighted by atomic mass is 9.95. The van der Waals surface area contributed by atoms with Crippen LogP contribution in [0, 0.1) is 11.7 Å². The zero-order valence-corrected chi connectivity index (χ0v) is 19.8. The summed E-state index contributed by atoms with van der Waals surface area (Å²) < 4.78 is 47.2. The van der Waals surface area contributed by atoms with Crippen molar-refractivity contribution in [2.45, 2.75) is 56.6 Å². The topological polar surface area (TPSA) is 70.2 Å². The minimum absolute atomic E-state index is 0.227. The predicted molar refractivity (Wildman–Crippen MR) is 119 cm³/mol. The lowest BCUT2D eigenvalue weighted by Crippen LogP contribution is -2.48. The second-order valence-electron chi connectivity index (χ2n) is 9.47. The molecule has 1 aromatic carbocycles. The Hall–Kier alpha value is -1.55. The number of rotatable bonds is 5. The van der Waals surface area contributed by atoms with Crippen LogP contribution in [0.2, 0.25) is 0 Å². The molecule has 0 saturated carbocycles. The van der Waals surface area contributed by atoms with Crippen LogP contribution in [-0.4, -0.2) is 86.5 Å². The molecule has 3 saturated heterocycles. The van der Waals surface area contributed by atoms with Crippen LogP contribution < -0.4 is 0 Å². The Bertz CT molecular complexity index is 917. The van der Waals surface area contributed by atoms with E-state index >= 15 is 0 Å². The zero-order valence-electron chi connectivity index (χ0n) is 19.0. The maximum Gasteiger partial charge on any atom is 0.253 e. The maximum absolute atomic E-state index is 14.4. The third kappa shape index (κ3) is 5.16. The molecular formula is C23H34FN3O4S. The van der Waals surface area contributed by atoms with Gasteiger partial charge in [-0.25, -0.2) is 12.8 Å². The molecular weight excluding hydrogens is 433 g/mol. The normalized spacial score (nSPS) is 26.5. The van der Waals surface area contributed by atoms with E-state index in [0.717, 1.165) is 51.4 Å². The summed E-state index contributed by atoms with van der Waals surface area (Å²) in [5, 5.41) is 0. The van der Waals surface area contributed by atoms with Crippen LogP contribution in [0.15, 0.2) is 23.1 Å². The van der Waals surface area contributed by atoms with Crippen molar-refractivity contribution in [3.8, 4) is 0 Å². The van der Waals surface area contributed by atoms with Crippen LogP contribution >= 0.6 is 0 Å². The molecule has 32 heavy (non-hydrogen) atoms. The SMILES string of the molecule is CC1CN(CC2CCN(C(=O)c3ccc(F)c(S(=O)(=O)N4CCCC4)c3)CC2)CC(C)O1. The highest BCUT2D eigenvalue weighted by Gasteiger charge is 2.32. The van der Waals surface area contributed by atoms with Crippen molar-refractivity contribution in [2.24, 2.45) is 5.92 Å². The fourth-order valence-corrected chi connectivity index (χ4v) is 6.81. The fraction of sp³-hybridized carbons (Fsp3) is 0.696. The average molecular weight is 468 g/mol. The first-order valence-corrected chi connectivity index (χ1v) is 13.1. The summed E-state index contributed by atoms with van der Waals surface area (Å²) in [6, 6.07) is 3.71. The van der Waals surface area contributed by atoms with Crippen molar-refractivity contribution in [1.82, 2.24) is 14.1 Å². The van der Waals surface area contributed by atoms with Gasteiger partial charge in [0.05, 0.1) is 12.2 Å². The standard InChI is InChI=1S/C23H34FN3O4S/c1-17-14-25(15-18(2)31-17)16-19-7-11-26(12-8-19)23(28)20-5-6-21(24)22(13-20)32(29,30)27-9-3-4-10-27/h5-6,13,17-19H,3-4,7-12,14-16H2,1-2H3. The third-order valence-electron chi connectivity index (χ3n) is 6.77. The molecule has 3 heterocycles. The van der Waals surface area contributed by atoms with Crippen molar-refractivity contribution >= 4 is 15.9 Å². The number of piperidine rings is 1. The molecule has 3 aliphatic heterocycles. The number of halogens is 1. The highest BCUT2D eigenvalue weighted by atomic mass is 32.2. The summed E-state index contributed by atoms with van der Waals surface area (Å²) in [4.78, 5) is 16.9. The molecule has 0 aliphatic carbocycles. The van der Waals surface area contributed by atoms with E-state index in [9.17, 15) is 17.6 Å². The van der Waals surface area contributed by atoms with Gasteiger partial charge < -0.3 is 9.64 Å². The molecule has 178 valence electrons. The molecule has 0 spiro atoms. The molecule has 4 rings (SSSR count). The molecule has 3 fully saturated rings. The van der Waals surface area contributed by atoms with Crippen molar-refractivity contribution in [3.05, 3.63) is 29.6 Å². The minimum Gasteiger partial charge on any atom is -0.373 e. The number of hydrogen-bond donors (Lipinski definition) is 0. The van der Waals surface area contributed by atoms with Gasteiger partial charge in [0.25, 0.3) is 5.91 Å². The predicted octanol–water partition coefficient (Wildman–Crippen LogP) is 2.57. The van der Waals surface area contributed by atoms with E-state index in [2.05, 4.69) is 18.7 Å². The van der Waals surface area contributed by atoms with E-state index in [1.165, 1.54) is 16.4 Å². The number of nitrogens with zero attached hydrogens (tertiary/aromatic N) is 3. The Kier molecular flexibility index (Phi) is 7.19. The first-order valence-electron chi connectivity index (χ1n) is 11.7. The largest absolute Gasteiger partial charge is 0.373 e. The molecule has 0 bridgehead atoms. The Labute approximate surface area is 190 Å². The van der Waals surface area contributed by atoms with Crippen molar-refractivity contribution in [2.75, 3.05) is 45.8 Å². The molecule has 2 atom stereocenters. The lowest BCUT2D eigenvalue weighted by Gasteiger charge is -2.39. The monoisotopic (exact) mass is 467 g/mol. The van der Waals surface area contributed by atoms with Gasteiger partial charge in [0, 0.05) is 51.4 Å². The van der Waals surface area contributed by atoms with E-state index < -0.39 is 20.7 Å². The van der Waals surface area contributed by atoms with Gasteiger partial charge in [-0.15, -0.1) is 0 Å². The number of sulfonamides is 1. The summed E-state index contributed by atoms with van der Waals surface area (Å²) in [5.41, 5.74) is 0.235. The second kappa shape index (κ2) is 9.75. The van der Waals surface area contributed by atoms with Gasteiger partial charge in [-0.3, -0.25) is 9.69 Å². The molecule has 1 amide bonds. The quantitative estimate of drug-likeness (QED) is 0.666. The fourth-order valence-electron chi connectivity index (χ4n) is 5.20. The number of hydrogen-bond acceptors (Lipinski definition) is 5. The Morgan fingerprint density at radius 1 is 1.06 bits per heavy atom. The van der Waals surface area contributed by atoms with Gasteiger partial charge in [-0.1, -0.05) is 0 Å². The van der Waals surface area contributed by atoms with Crippen LogP contribution in [0.4, 0.5) is 4.39 Å². The van der Waals surface area contributed by atoms with Crippen LogP contribution in [-0.2, 0) is 14.8 Å².